The van der Waals surface area contributed by atoms with Crippen molar-refractivity contribution in [3.05, 3.63) is 24.3 Å². The fourth-order valence-corrected chi connectivity index (χ4v) is 0.787. The quantitative estimate of drug-likeness (QED) is 0.618. The van der Waals surface area contributed by atoms with Crippen molar-refractivity contribution in [2.24, 2.45) is 0 Å². The lowest BCUT2D eigenvalue weighted by Gasteiger charge is -2.19. The SMILES string of the molecule is C[C@@](O)(Oc1ccc(O)cc1)C(=O)O. The summed E-state index contributed by atoms with van der Waals surface area (Å²) in [5.41, 5.74) is 0. The van der Waals surface area contributed by atoms with E-state index in [1.165, 1.54) is 24.3 Å². The number of phenolic OH excluding ortho intramolecular Hbond substituents is 1. The molecule has 1 rings (SSSR count). The number of rotatable bonds is 3. The lowest BCUT2D eigenvalue weighted by Crippen LogP contribution is -2.41. The molecule has 0 amide bonds. The zero-order valence-electron chi connectivity index (χ0n) is 7.47. The number of ether oxygens (including phenoxy) is 1. The highest BCUT2D eigenvalue weighted by Gasteiger charge is 2.32. The summed E-state index contributed by atoms with van der Waals surface area (Å²) < 4.78 is 4.76. The number of aliphatic hydroxyl groups is 1. The van der Waals surface area contributed by atoms with E-state index in [2.05, 4.69) is 0 Å². The molecular formula is C9H10O5. The van der Waals surface area contributed by atoms with Crippen LogP contribution >= 0.6 is 0 Å². The lowest BCUT2D eigenvalue weighted by atomic mass is 10.3. The number of hydrogen-bond donors (Lipinski definition) is 3. The Balaban J connectivity index is 2.79. The second-order valence-electron chi connectivity index (χ2n) is 2.88. The van der Waals surface area contributed by atoms with Crippen LogP contribution in [-0.2, 0) is 4.79 Å². The molecule has 0 spiro atoms. The minimum absolute atomic E-state index is 0.0346. The van der Waals surface area contributed by atoms with E-state index < -0.39 is 11.8 Å². The monoisotopic (exact) mass is 198 g/mol. The van der Waals surface area contributed by atoms with Crippen molar-refractivity contribution in [3.8, 4) is 11.5 Å². The van der Waals surface area contributed by atoms with Gasteiger partial charge in [0.25, 0.3) is 0 Å². The van der Waals surface area contributed by atoms with Gasteiger partial charge in [-0.2, -0.15) is 0 Å². The van der Waals surface area contributed by atoms with Crippen molar-refractivity contribution in [2.75, 3.05) is 0 Å². The highest BCUT2D eigenvalue weighted by Crippen LogP contribution is 2.19. The van der Waals surface area contributed by atoms with Gasteiger partial charge in [0, 0.05) is 6.92 Å². The highest BCUT2D eigenvalue weighted by atomic mass is 16.6. The first-order valence-electron chi connectivity index (χ1n) is 3.85. The summed E-state index contributed by atoms with van der Waals surface area (Å²) in [4.78, 5) is 10.5. The van der Waals surface area contributed by atoms with Gasteiger partial charge in [-0.15, -0.1) is 0 Å². The van der Waals surface area contributed by atoms with E-state index in [0.29, 0.717) is 0 Å². The Kier molecular flexibility index (Phi) is 2.62. The van der Waals surface area contributed by atoms with Crippen LogP contribution in [0.15, 0.2) is 24.3 Å². The molecule has 0 aliphatic carbocycles. The normalized spacial score (nSPS) is 14.4. The summed E-state index contributed by atoms with van der Waals surface area (Å²) in [5.74, 6) is -3.55. The van der Waals surface area contributed by atoms with Crippen molar-refractivity contribution in [1.29, 1.82) is 0 Å². The topological polar surface area (TPSA) is 87.0 Å². The van der Waals surface area contributed by atoms with Gasteiger partial charge < -0.3 is 20.1 Å². The molecule has 0 aliphatic heterocycles. The minimum Gasteiger partial charge on any atom is -0.508 e. The zero-order valence-corrected chi connectivity index (χ0v) is 7.47. The van der Waals surface area contributed by atoms with Crippen LogP contribution < -0.4 is 4.74 Å². The van der Waals surface area contributed by atoms with Gasteiger partial charge in [0.05, 0.1) is 0 Å². The average Bonchev–Trinajstić information content (AvgIpc) is 2.08. The molecule has 0 aliphatic rings. The number of carboxylic acid groups (broad SMARTS) is 1. The van der Waals surface area contributed by atoms with Crippen LogP contribution in [-0.4, -0.2) is 27.1 Å². The maximum absolute atomic E-state index is 10.5. The number of phenols is 1. The number of carboxylic acids is 1. The molecule has 1 aromatic carbocycles. The van der Waals surface area contributed by atoms with Crippen LogP contribution in [0.25, 0.3) is 0 Å². The van der Waals surface area contributed by atoms with E-state index in [4.69, 9.17) is 14.9 Å². The van der Waals surface area contributed by atoms with Gasteiger partial charge in [-0.3, -0.25) is 0 Å². The molecule has 0 saturated heterocycles. The maximum Gasteiger partial charge on any atom is 0.376 e. The Morgan fingerprint density at radius 3 is 2.29 bits per heavy atom. The van der Waals surface area contributed by atoms with Crippen molar-refractivity contribution in [1.82, 2.24) is 0 Å². The smallest absolute Gasteiger partial charge is 0.376 e. The molecule has 76 valence electrons. The summed E-state index contributed by atoms with van der Waals surface area (Å²) >= 11 is 0. The van der Waals surface area contributed by atoms with E-state index in [9.17, 15) is 9.90 Å². The molecule has 1 aromatic rings. The Labute approximate surface area is 80.2 Å². The van der Waals surface area contributed by atoms with Gasteiger partial charge in [-0.05, 0) is 24.3 Å². The third-order valence-corrected chi connectivity index (χ3v) is 1.55. The summed E-state index contributed by atoms with van der Waals surface area (Å²) in [6.45, 7) is 1.02. The predicted octanol–water partition coefficient (Wildman–Crippen LogP) is 0.564. The second kappa shape index (κ2) is 3.55. The Hall–Kier alpha value is -1.75. The Morgan fingerprint density at radius 2 is 1.86 bits per heavy atom. The molecule has 14 heavy (non-hydrogen) atoms. The summed E-state index contributed by atoms with van der Waals surface area (Å²) in [7, 11) is 0. The minimum atomic E-state index is -2.27. The lowest BCUT2D eigenvalue weighted by molar-refractivity contribution is -0.188. The molecule has 0 heterocycles. The van der Waals surface area contributed by atoms with Crippen molar-refractivity contribution in [2.45, 2.75) is 12.7 Å². The van der Waals surface area contributed by atoms with Gasteiger partial charge in [0.15, 0.2) is 0 Å². The van der Waals surface area contributed by atoms with Crippen LogP contribution in [0.2, 0.25) is 0 Å². The first-order chi connectivity index (χ1) is 6.42. The van der Waals surface area contributed by atoms with Crippen molar-refractivity contribution in [3.63, 3.8) is 0 Å². The number of benzene rings is 1. The van der Waals surface area contributed by atoms with Gasteiger partial charge in [-0.25, -0.2) is 4.79 Å². The largest absolute Gasteiger partial charge is 0.508 e. The molecule has 5 nitrogen and oxygen atoms in total. The summed E-state index contributed by atoms with van der Waals surface area (Å²) in [6, 6.07) is 5.36. The number of hydrogen-bond acceptors (Lipinski definition) is 4. The van der Waals surface area contributed by atoms with Crippen LogP contribution in [0.1, 0.15) is 6.92 Å². The molecule has 0 bridgehead atoms. The van der Waals surface area contributed by atoms with E-state index in [0.717, 1.165) is 6.92 Å². The molecule has 0 fully saturated rings. The van der Waals surface area contributed by atoms with E-state index in [1.807, 2.05) is 0 Å². The molecular weight excluding hydrogens is 188 g/mol. The van der Waals surface area contributed by atoms with Crippen molar-refractivity contribution >= 4 is 5.97 Å². The van der Waals surface area contributed by atoms with E-state index in [1.54, 1.807) is 0 Å². The molecule has 0 unspecified atom stereocenters. The van der Waals surface area contributed by atoms with Gasteiger partial charge in [0.2, 0.25) is 0 Å². The second-order valence-corrected chi connectivity index (χ2v) is 2.88. The predicted molar refractivity (Wildman–Crippen MR) is 47.0 cm³/mol. The standard InChI is InChI=1S/C9H10O5/c1-9(13,8(11)12)14-7-4-2-6(10)3-5-7/h2-5,10,13H,1H3,(H,11,12)/t9-/m1/s1. The molecule has 1 atom stereocenters. The highest BCUT2D eigenvalue weighted by molar-refractivity contribution is 5.75. The van der Waals surface area contributed by atoms with E-state index in [-0.39, 0.29) is 11.5 Å². The van der Waals surface area contributed by atoms with Crippen LogP contribution in [0, 0.1) is 0 Å². The first-order valence-corrected chi connectivity index (χ1v) is 3.85. The zero-order chi connectivity index (χ0) is 10.8. The number of aromatic hydroxyl groups is 1. The summed E-state index contributed by atoms with van der Waals surface area (Å²) in [6.07, 6.45) is 0. The fraction of sp³-hybridized carbons (Fsp3) is 0.222. The molecule has 0 radical (unpaired) electrons. The van der Waals surface area contributed by atoms with Crippen LogP contribution in [0.3, 0.4) is 0 Å². The fourth-order valence-electron chi connectivity index (χ4n) is 0.787. The first kappa shape index (κ1) is 10.3. The van der Waals surface area contributed by atoms with Crippen molar-refractivity contribution < 1.29 is 24.9 Å². The van der Waals surface area contributed by atoms with Gasteiger partial charge in [-0.1, -0.05) is 0 Å². The molecule has 3 N–H and O–H groups in total. The average molecular weight is 198 g/mol. The summed E-state index contributed by atoms with van der Waals surface area (Å²) in [5, 5.41) is 26.7. The Bertz CT molecular complexity index is 328. The third-order valence-electron chi connectivity index (χ3n) is 1.55. The van der Waals surface area contributed by atoms with Crippen LogP contribution in [0.4, 0.5) is 0 Å². The molecule has 0 aromatic heterocycles. The molecule has 0 saturated carbocycles. The van der Waals surface area contributed by atoms with E-state index >= 15 is 0 Å². The maximum atomic E-state index is 10.5. The van der Waals surface area contributed by atoms with Gasteiger partial charge >= 0.3 is 11.8 Å². The third kappa shape index (κ3) is 2.37. The van der Waals surface area contributed by atoms with Crippen LogP contribution in [0.5, 0.6) is 11.5 Å². The molecule has 5 heteroatoms. The Morgan fingerprint density at radius 1 is 1.36 bits per heavy atom. The van der Waals surface area contributed by atoms with Gasteiger partial charge in [0.1, 0.15) is 11.5 Å². The number of carbonyl (C=O) groups is 1. The number of aliphatic carboxylic acids is 1.